The fraction of sp³-hybridized carbons (Fsp3) is 0.208. The molecule has 0 spiro atoms. The predicted molar refractivity (Wildman–Crippen MR) is 126 cm³/mol. The van der Waals surface area contributed by atoms with Gasteiger partial charge >= 0.3 is 0 Å². The van der Waals surface area contributed by atoms with Gasteiger partial charge in [-0.25, -0.2) is 4.98 Å². The first kappa shape index (κ1) is 22.3. The Bertz CT molecular complexity index is 1140. The highest BCUT2D eigenvalue weighted by Gasteiger charge is 2.44. The molecule has 2 amide bonds. The van der Waals surface area contributed by atoms with Crippen molar-refractivity contribution in [1.82, 2.24) is 4.98 Å². The summed E-state index contributed by atoms with van der Waals surface area (Å²) in [7, 11) is 1.70. The lowest BCUT2D eigenvalue weighted by molar-refractivity contribution is 0.102. The van der Waals surface area contributed by atoms with Gasteiger partial charge in [0.2, 0.25) is 0 Å². The van der Waals surface area contributed by atoms with Crippen LogP contribution in [0.1, 0.15) is 39.1 Å². The molecule has 2 N–H and O–H groups in total. The van der Waals surface area contributed by atoms with Crippen LogP contribution in [0, 0.1) is 0 Å². The molecule has 1 fully saturated rings. The maximum atomic E-state index is 12.8. The Labute approximate surface area is 195 Å². The molecule has 6 nitrogen and oxygen atoms in total. The Balaban J connectivity index is 1.51. The number of nitrogens with one attached hydrogen (secondary N) is 2. The van der Waals surface area contributed by atoms with Gasteiger partial charge in [-0.15, -0.1) is 0 Å². The van der Waals surface area contributed by atoms with Gasteiger partial charge in [-0.2, -0.15) is 0 Å². The lowest BCUT2D eigenvalue weighted by Gasteiger charge is -2.15. The number of hydrogen-bond acceptors (Lipinski definition) is 4. The second kappa shape index (κ2) is 9.28. The summed E-state index contributed by atoms with van der Waals surface area (Å²) in [6, 6.07) is 15.4. The zero-order valence-corrected chi connectivity index (χ0v) is 18.8. The van der Waals surface area contributed by atoms with Crippen molar-refractivity contribution in [2.24, 2.45) is 0 Å². The second-order valence-electron chi connectivity index (χ2n) is 7.75. The summed E-state index contributed by atoms with van der Waals surface area (Å²) in [6.07, 6.45) is 3.59. The predicted octanol–water partition coefficient (Wildman–Crippen LogP) is 5.57. The second-order valence-corrected chi connectivity index (χ2v) is 8.62. The Kier molecular flexibility index (Phi) is 6.46. The van der Waals surface area contributed by atoms with Crippen molar-refractivity contribution in [3.05, 3.63) is 87.5 Å². The number of benzene rings is 2. The molecule has 2 aromatic carbocycles. The number of ether oxygens (including phenoxy) is 1. The van der Waals surface area contributed by atoms with Gasteiger partial charge < -0.3 is 15.4 Å². The number of methoxy groups -OCH3 is 1. The van der Waals surface area contributed by atoms with Crippen molar-refractivity contribution in [2.75, 3.05) is 24.4 Å². The number of hydrogen-bond donors (Lipinski definition) is 2. The van der Waals surface area contributed by atoms with Crippen LogP contribution in [0.2, 0.25) is 10.0 Å². The van der Waals surface area contributed by atoms with Crippen molar-refractivity contribution < 1.29 is 14.3 Å². The van der Waals surface area contributed by atoms with E-state index in [-0.39, 0.29) is 16.9 Å². The lowest BCUT2D eigenvalue weighted by atomic mass is 9.96. The summed E-state index contributed by atoms with van der Waals surface area (Å²) >= 11 is 11.9. The monoisotopic (exact) mass is 469 g/mol. The molecule has 1 saturated carbocycles. The maximum Gasteiger partial charge on any atom is 0.258 e. The van der Waals surface area contributed by atoms with E-state index in [1.165, 1.54) is 12.3 Å². The maximum absolute atomic E-state index is 12.8. The zero-order chi connectivity index (χ0) is 22.7. The van der Waals surface area contributed by atoms with E-state index in [0.717, 1.165) is 18.4 Å². The number of pyridine rings is 1. The number of anilines is 2. The largest absolute Gasteiger partial charge is 0.384 e. The van der Waals surface area contributed by atoms with Gasteiger partial charge in [0.1, 0.15) is 5.82 Å². The number of nitrogens with zero attached hydrogens (tertiary/aromatic N) is 1. The van der Waals surface area contributed by atoms with Gasteiger partial charge in [-0.3, -0.25) is 9.59 Å². The summed E-state index contributed by atoms with van der Waals surface area (Å²) in [5.41, 5.74) is 2.28. The first-order chi connectivity index (χ1) is 15.4. The summed E-state index contributed by atoms with van der Waals surface area (Å²) in [6.45, 7) is 0.671. The molecule has 1 aliphatic rings. The number of aromatic nitrogens is 1. The highest BCUT2D eigenvalue weighted by atomic mass is 35.5. The third-order valence-corrected chi connectivity index (χ3v) is 5.94. The topological polar surface area (TPSA) is 80.3 Å². The molecular weight excluding hydrogens is 449 g/mol. The van der Waals surface area contributed by atoms with E-state index >= 15 is 0 Å². The minimum Gasteiger partial charge on any atom is -0.384 e. The average molecular weight is 470 g/mol. The minimum atomic E-state index is -0.455. The highest BCUT2D eigenvalue weighted by Crippen LogP contribution is 2.48. The van der Waals surface area contributed by atoms with Crippen molar-refractivity contribution in [3.8, 4) is 0 Å². The zero-order valence-electron chi connectivity index (χ0n) is 17.3. The van der Waals surface area contributed by atoms with E-state index in [1.807, 2.05) is 12.1 Å². The van der Waals surface area contributed by atoms with E-state index in [1.54, 1.807) is 43.5 Å². The fourth-order valence-electron chi connectivity index (χ4n) is 3.56. The minimum absolute atomic E-state index is 0.0703. The molecule has 4 rings (SSSR count). The molecule has 0 saturated heterocycles. The average Bonchev–Trinajstić information content (AvgIpc) is 3.57. The SMILES string of the molecule is COCC1(c2ccc(C(=O)Nc3ccc(Cl)cc3C(=O)Nc3ccc(Cl)cn3)cc2)CC1. The van der Waals surface area contributed by atoms with E-state index in [4.69, 9.17) is 27.9 Å². The summed E-state index contributed by atoms with van der Waals surface area (Å²) in [5.74, 6) is -0.449. The van der Waals surface area contributed by atoms with E-state index in [2.05, 4.69) is 15.6 Å². The first-order valence-electron chi connectivity index (χ1n) is 10.0. The molecule has 0 radical (unpaired) electrons. The standard InChI is InChI=1S/C24H21Cl2N3O3/c1-32-14-24(10-11-24)16-4-2-15(3-5-16)22(30)28-20-8-6-17(25)12-19(20)23(31)29-21-9-7-18(26)13-27-21/h2-9,12-13H,10-11,14H2,1H3,(H,28,30)(H,27,29,31). The van der Waals surface area contributed by atoms with Crippen LogP contribution in [0.3, 0.4) is 0 Å². The Morgan fingerprint density at radius 2 is 1.69 bits per heavy atom. The first-order valence-corrected chi connectivity index (χ1v) is 10.8. The fourth-order valence-corrected chi connectivity index (χ4v) is 3.84. The van der Waals surface area contributed by atoms with Crippen LogP contribution in [0.5, 0.6) is 0 Å². The van der Waals surface area contributed by atoms with Crippen LogP contribution in [-0.4, -0.2) is 30.5 Å². The molecule has 3 aromatic rings. The van der Waals surface area contributed by atoms with Crippen LogP contribution in [-0.2, 0) is 10.2 Å². The van der Waals surface area contributed by atoms with Gasteiger partial charge in [0, 0.05) is 29.3 Å². The summed E-state index contributed by atoms with van der Waals surface area (Å²) in [5, 5.41) is 6.31. The van der Waals surface area contributed by atoms with E-state index in [9.17, 15) is 9.59 Å². The van der Waals surface area contributed by atoms with Crippen LogP contribution < -0.4 is 10.6 Å². The summed E-state index contributed by atoms with van der Waals surface area (Å²) < 4.78 is 5.33. The molecule has 8 heteroatoms. The van der Waals surface area contributed by atoms with Gasteiger partial charge in [-0.1, -0.05) is 35.3 Å². The third-order valence-electron chi connectivity index (χ3n) is 5.48. The molecule has 0 aliphatic heterocycles. The third kappa shape index (κ3) is 4.93. The van der Waals surface area contributed by atoms with Gasteiger partial charge in [0.15, 0.2) is 0 Å². The molecule has 32 heavy (non-hydrogen) atoms. The van der Waals surface area contributed by atoms with Crippen LogP contribution in [0.4, 0.5) is 11.5 Å². The Hall–Kier alpha value is -2.93. The van der Waals surface area contributed by atoms with Crippen molar-refractivity contribution >= 4 is 46.5 Å². The Morgan fingerprint density at radius 1 is 0.969 bits per heavy atom. The van der Waals surface area contributed by atoms with E-state index in [0.29, 0.717) is 33.7 Å². The van der Waals surface area contributed by atoms with Crippen molar-refractivity contribution in [2.45, 2.75) is 18.3 Å². The summed E-state index contributed by atoms with van der Waals surface area (Å²) in [4.78, 5) is 29.7. The normalized spacial score (nSPS) is 14.0. The Morgan fingerprint density at radius 3 is 2.31 bits per heavy atom. The number of carbonyl (C=O) groups excluding carboxylic acids is 2. The molecule has 0 atom stereocenters. The number of carbonyl (C=O) groups is 2. The van der Waals surface area contributed by atoms with Gasteiger partial charge in [-0.05, 0) is 60.9 Å². The molecule has 0 unspecified atom stereocenters. The van der Waals surface area contributed by atoms with E-state index < -0.39 is 5.91 Å². The van der Waals surface area contributed by atoms with Crippen molar-refractivity contribution in [3.63, 3.8) is 0 Å². The number of amides is 2. The van der Waals surface area contributed by atoms with Gasteiger partial charge in [0.25, 0.3) is 11.8 Å². The molecule has 0 bridgehead atoms. The van der Waals surface area contributed by atoms with Crippen LogP contribution in [0.25, 0.3) is 0 Å². The number of halogens is 2. The van der Waals surface area contributed by atoms with Crippen LogP contribution in [0.15, 0.2) is 60.8 Å². The quantitative estimate of drug-likeness (QED) is 0.473. The van der Waals surface area contributed by atoms with Crippen molar-refractivity contribution in [1.29, 1.82) is 0 Å². The molecule has 164 valence electrons. The molecule has 1 aromatic heterocycles. The molecule has 1 aliphatic carbocycles. The molecular formula is C24H21Cl2N3O3. The molecule has 1 heterocycles. The smallest absolute Gasteiger partial charge is 0.258 e. The van der Waals surface area contributed by atoms with Crippen LogP contribution >= 0.6 is 23.2 Å². The lowest BCUT2D eigenvalue weighted by Crippen LogP contribution is -2.19. The number of rotatable bonds is 7. The van der Waals surface area contributed by atoms with Gasteiger partial charge in [0.05, 0.1) is 22.9 Å². The highest BCUT2D eigenvalue weighted by molar-refractivity contribution is 6.31.